The standard InChI is InChI=1S/C17H15N5O5S3/c1-30(26,27)10-2-3-11(12(8-10)22(24)25)18-4-5-19-15(23)14-9-13-16(29-14)20-17-21(13)6-7-28-17/h2-3,6-9,18H,4-5H2,1H3,(H,19,23). The van der Waals surface area contributed by atoms with Gasteiger partial charge in [0.2, 0.25) is 0 Å². The Morgan fingerprint density at radius 3 is 2.83 bits per heavy atom. The van der Waals surface area contributed by atoms with Gasteiger partial charge in [-0.25, -0.2) is 13.4 Å². The van der Waals surface area contributed by atoms with E-state index in [0.717, 1.165) is 27.6 Å². The molecule has 2 N–H and O–H groups in total. The van der Waals surface area contributed by atoms with Crippen molar-refractivity contribution in [1.82, 2.24) is 14.7 Å². The molecule has 0 aliphatic heterocycles. The molecule has 156 valence electrons. The molecule has 0 radical (unpaired) electrons. The number of thiophene rings is 1. The summed E-state index contributed by atoms with van der Waals surface area (Å²) in [5.74, 6) is -0.259. The first-order valence-corrected chi connectivity index (χ1v) is 12.2. The number of hydrogen-bond donors (Lipinski definition) is 2. The SMILES string of the molecule is CS(=O)(=O)c1ccc(NCCNC(=O)c2cc3c(nc4sccn43)s2)c([N+](=O)[O-])c1. The number of anilines is 1. The molecule has 3 aromatic heterocycles. The molecule has 0 aliphatic rings. The summed E-state index contributed by atoms with van der Waals surface area (Å²) >= 11 is 2.82. The van der Waals surface area contributed by atoms with Crippen LogP contribution < -0.4 is 10.6 Å². The molecule has 1 aromatic carbocycles. The highest BCUT2D eigenvalue weighted by atomic mass is 32.2. The predicted octanol–water partition coefficient (Wildman–Crippen LogP) is 2.76. The molecule has 0 aliphatic carbocycles. The summed E-state index contributed by atoms with van der Waals surface area (Å²) < 4.78 is 25.1. The number of imidazole rings is 1. The van der Waals surface area contributed by atoms with Crippen LogP contribution in [0.1, 0.15) is 9.67 Å². The summed E-state index contributed by atoms with van der Waals surface area (Å²) in [4.78, 5) is 29.5. The van der Waals surface area contributed by atoms with Gasteiger partial charge in [-0.2, -0.15) is 0 Å². The fraction of sp³-hybridized carbons (Fsp3) is 0.176. The minimum atomic E-state index is -3.55. The third-order valence-electron chi connectivity index (χ3n) is 4.28. The van der Waals surface area contributed by atoms with Gasteiger partial charge in [-0.05, 0) is 18.2 Å². The zero-order valence-electron chi connectivity index (χ0n) is 15.5. The lowest BCUT2D eigenvalue weighted by Crippen LogP contribution is -2.28. The van der Waals surface area contributed by atoms with Crippen molar-refractivity contribution in [1.29, 1.82) is 0 Å². The molecule has 13 heteroatoms. The average molecular weight is 466 g/mol. The monoisotopic (exact) mass is 465 g/mol. The third-order valence-corrected chi connectivity index (χ3v) is 7.17. The topological polar surface area (TPSA) is 136 Å². The number of fused-ring (bicyclic) bond motifs is 3. The van der Waals surface area contributed by atoms with E-state index >= 15 is 0 Å². The Hall–Kier alpha value is -3.03. The first kappa shape index (κ1) is 20.3. The van der Waals surface area contributed by atoms with Crippen molar-refractivity contribution in [3.05, 3.63) is 50.8 Å². The van der Waals surface area contributed by atoms with E-state index in [1.165, 1.54) is 34.8 Å². The zero-order chi connectivity index (χ0) is 21.5. The van der Waals surface area contributed by atoms with Crippen LogP contribution in [0, 0.1) is 10.1 Å². The molecule has 0 saturated heterocycles. The number of benzene rings is 1. The largest absolute Gasteiger partial charge is 0.378 e. The molecule has 4 rings (SSSR count). The maximum Gasteiger partial charge on any atom is 0.293 e. The number of thiazole rings is 1. The molecule has 1 amide bonds. The van der Waals surface area contributed by atoms with E-state index in [1.54, 1.807) is 6.07 Å². The van der Waals surface area contributed by atoms with Gasteiger partial charge in [0.15, 0.2) is 14.8 Å². The van der Waals surface area contributed by atoms with Crippen molar-refractivity contribution in [2.75, 3.05) is 24.7 Å². The van der Waals surface area contributed by atoms with Crippen LogP contribution in [0.25, 0.3) is 15.3 Å². The van der Waals surface area contributed by atoms with Crippen molar-refractivity contribution < 1.29 is 18.1 Å². The fourth-order valence-electron chi connectivity index (χ4n) is 2.86. The van der Waals surface area contributed by atoms with Crippen LogP contribution in [-0.2, 0) is 9.84 Å². The minimum Gasteiger partial charge on any atom is -0.378 e. The maximum atomic E-state index is 12.4. The van der Waals surface area contributed by atoms with E-state index in [4.69, 9.17) is 0 Å². The van der Waals surface area contributed by atoms with Crippen molar-refractivity contribution >= 4 is 65.1 Å². The Morgan fingerprint density at radius 2 is 2.10 bits per heavy atom. The smallest absolute Gasteiger partial charge is 0.293 e. The van der Waals surface area contributed by atoms with Crippen LogP contribution >= 0.6 is 22.7 Å². The van der Waals surface area contributed by atoms with Crippen molar-refractivity contribution in [2.45, 2.75) is 4.90 Å². The van der Waals surface area contributed by atoms with E-state index in [1.807, 2.05) is 16.0 Å². The summed E-state index contributed by atoms with van der Waals surface area (Å²) in [7, 11) is -3.55. The van der Waals surface area contributed by atoms with Gasteiger partial charge in [-0.1, -0.05) is 0 Å². The van der Waals surface area contributed by atoms with Gasteiger partial charge >= 0.3 is 0 Å². The van der Waals surface area contributed by atoms with Gasteiger partial charge in [-0.15, -0.1) is 22.7 Å². The molecular formula is C17H15N5O5S3. The van der Waals surface area contributed by atoms with E-state index in [-0.39, 0.29) is 35.3 Å². The Balaban J connectivity index is 1.39. The fourth-order valence-corrected chi connectivity index (χ4v) is 5.22. The number of nitrogens with zero attached hydrogens (tertiary/aromatic N) is 3. The van der Waals surface area contributed by atoms with Crippen LogP contribution in [0.3, 0.4) is 0 Å². The number of carbonyl (C=O) groups excluding carboxylic acids is 1. The van der Waals surface area contributed by atoms with Crippen molar-refractivity contribution in [2.24, 2.45) is 0 Å². The second-order valence-corrected chi connectivity index (χ2v) is 10.3. The summed E-state index contributed by atoms with van der Waals surface area (Å²) in [5, 5.41) is 18.8. The predicted molar refractivity (Wildman–Crippen MR) is 115 cm³/mol. The Bertz CT molecular complexity index is 1390. The number of rotatable bonds is 7. The Kier molecular flexibility index (Phi) is 5.17. The van der Waals surface area contributed by atoms with E-state index in [9.17, 15) is 23.3 Å². The van der Waals surface area contributed by atoms with Crippen molar-refractivity contribution in [3.8, 4) is 0 Å². The molecule has 30 heavy (non-hydrogen) atoms. The normalized spacial score (nSPS) is 11.8. The van der Waals surface area contributed by atoms with Crippen LogP contribution in [0.4, 0.5) is 11.4 Å². The zero-order valence-corrected chi connectivity index (χ0v) is 17.9. The molecule has 3 heterocycles. The Labute approximate surface area is 178 Å². The van der Waals surface area contributed by atoms with Crippen LogP contribution in [-0.4, -0.2) is 48.0 Å². The highest BCUT2D eigenvalue weighted by Gasteiger charge is 2.19. The van der Waals surface area contributed by atoms with Gasteiger partial charge < -0.3 is 10.6 Å². The molecule has 0 saturated carbocycles. The van der Waals surface area contributed by atoms with Crippen LogP contribution in [0.2, 0.25) is 0 Å². The summed E-state index contributed by atoms with van der Waals surface area (Å²) in [5.41, 5.74) is 0.710. The van der Waals surface area contributed by atoms with E-state index in [0.29, 0.717) is 4.88 Å². The quantitative estimate of drug-likeness (QED) is 0.243. The number of aromatic nitrogens is 2. The highest BCUT2D eigenvalue weighted by Crippen LogP contribution is 2.29. The highest BCUT2D eigenvalue weighted by molar-refractivity contribution is 7.90. The summed E-state index contributed by atoms with van der Waals surface area (Å²) in [6.07, 6.45) is 2.88. The number of amides is 1. The maximum absolute atomic E-state index is 12.4. The van der Waals surface area contributed by atoms with Gasteiger partial charge in [0, 0.05) is 37.0 Å². The van der Waals surface area contributed by atoms with Gasteiger partial charge in [0.1, 0.15) is 10.5 Å². The number of carbonyl (C=O) groups is 1. The van der Waals surface area contributed by atoms with E-state index in [2.05, 4.69) is 15.6 Å². The number of sulfone groups is 1. The third kappa shape index (κ3) is 3.86. The second kappa shape index (κ2) is 7.66. The van der Waals surface area contributed by atoms with Crippen LogP contribution in [0.5, 0.6) is 0 Å². The summed E-state index contributed by atoms with van der Waals surface area (Å²) in [6.45, 7) is 0.448. The van der Waals surface area contributed by atoms with Gasteiger partial charge in [-0.3, -0.25) is 19.3 Å². The average Bonchev–Trinajstić information content (AvgIpc) is 3.36. The lowest BCUT2D eigenvalue weighted by atomic mass is 10.2. The molecule has 0 bridgehead atoms. The van der Waals surface area contributed by atoms with Gasteiger partial charge in [0.25, 0.3) is 11.6 Å². The van der Waals surface area contributed by atoms with E-state index < -0.39 is 14.8 Å². The first-order chi connectivity index (χ1) is 14.2. The second-order valence-electron chi connectivity index (χ2n) is 6.36. The molecule has 0 atom stereocenters. The van der Waals surface area contributed by atoms with Gasteiger partial charge in [0.05, 0.1) is 20.2 Å². The minimum absolute atomic E-state index is 0.129. The number of hydrogen-bond acceptors (Lipinski definition) is 9. The molecule has 4 aromatic rings. The molecular weight excluding hydrogens is 450 g/mol. The lowest BCUT2D eigenvalue weighted by molar-refractivity contribution is -0.384. The molecule has 0 spiro atoms. The first-order valence-electron chi connectivity index (χ1n) is 8.60. The Morgan fingerprint density at radius 1 is 1.30 bits per heavy atom. The molecule has 0 fully saturated rings. The van der Waals surface area contributed by atoms with Crippen molar-refractivity contribution in [3.63, 3.8) is 0 Å². The molecule has 0 unspecified atom stereocenters. The van der Waals surface area contributed by atoms with Crippen LogP contribution in [0.15, 0.2) is 40.7 Å². The number of nitro groups is 1. The summed E-state index contributed by atoms with van der Waals surface area (Å²) in [6, 6.07) is 5.45. The number of nitro benzene ring substituents is 1. The molecule has 10 nitrogen and oxygen atoms in total. The lowest BCUT2D eigenvalue weighted by Gasteiger charge is -2.09. The number of nitrogens with one attached hydrogen (secondary N) is 2.